The minimum atomic E-state index is -2.77. The number of hydrogen-bond acceptors (Lipinski definition) is 3. The molecule has 0 bridgehead atoms. The highest BCUT2D eigenvalue weighted by Crippen LogP contribution is 2.27. The van der Waals surface area contributed by atoms with Gasteiger partial charge in [0.1, 0.15) is 9.84 Å². The van der Waals surface area contributed by atoms with E-state index in [4.69, 9.17) is 0 Å². The summed E-state index contributed by atoms with van der Waals surface area (Å²) in [6, 6.07) is 0.662. The standard InChI is InChI=1S/C15H31NO2S/c1-3-11-16-15-10-6-5-8-14(13-15)9-7-12-19(17,18)4-2/h14-16H,3-13H2,1-2H3. The molecule has 0 amide bonds. The molecule has 1 rings (SSSR count). The molecule has 1 aliphatic rings. The van der Waals surface area contributed by atoms with Crippen LogP contribution in [0.4, 0.5) is 0 Å². The second-order valence-electron chi connectivity index (χ2n) is 5.92. The number of sulfone groups is 1. The van der Waals surface area contributed by atoms with Crippen molar-refractivity contribution in [3.05, 3.63) is 0 Å². The van der Waals surface area contributed by atoms with E-state index < -0.39 is 9.84 Å². The highest BCUT2D eigenvalue weighted by molar-refractivity contribution is 7.91. The molecular weight excluding hydrogens is 258 g/mol. The largest absolute Gasteiger partial charge is 0.314 e. The summed E-state index contributed by atoms with van der Waals surface area (Å²) in [4.78, 5) is 0. The predicted octanol–water partition coefficient (Wildman–Crippen LogP) is 3.15. The summed E-state index contributed by atoms with van der Waals surface area (Å²) in [5.41, 5.74) is 0. The van der Waals surface area contributed by atoms with Gasteiger partial charge < -0.3 is 5.32 Å². The van der Waals surface area contributed by atoms with Crippen LogP contribution in [-0.4, -0.2) is 32.5 Å². The van der Waals surface area contributed by atoms with Gasteiger partial charge in [-0.3, -0.25) is 0 Å². The van der Waals surface area contributed by atoms with Crippen LogP contribution in [-0.2, 0) is 9.84 Å². The van der Waals surface area contributed by atoms with E-state index in [2.05, 4.69) is 12.2 Å². The Balaban J connectivity index is 2.31. The van der Waals surface area contributed by atoms with Crippen LogP contribution in [0.25, 0.3) is 0 Å². The molecule has 0 radical (unpaired) electrons. The average molecular weight is 289 g/mol. The summed E-state index contributed by atoms with van der Waals surface area (Å²) in [6.45, 7) is 5.06. The zero-order valence-electron chi connectivity index (χ0n) is 12.7. The van der Waals surface area contributed by atoms with Crippen LogP contribution in [0.5, 0.6) is 0 Å². The molecule has 4 heteroatoms. The summed E-state index contributed by atoms with van der Waals surface area (Å²) in [7, 11) is -2.77. The molecule has 0 aromatic heterocycles. The molecule has 0 aromatic rings. The summed E-state index contributed by atoms with van der Waals surface area (Å²) in [5, 5.41) is 3.64. The molecule has 1 N–H and O–H groups in total. The van der Waals surface area contributed by atoms with Crippen LogP contribution < -0.4 is 5.32 Å². The smallest absolute Gasteiger partial charge is 0.150 e. The molecule has 19 heavy (non-hydrogen) atoms. The topological polar surface area (TPSA) is 46.2 Å². The van der Waals surface area contributed by atoms with E-state index in [0.29, 0.717) is 17.5 Å². The fourth-order valence-corrected chi connectivity index (χ4v) is 3.89. The Morgan fingerprint density at radius 1 is 1.16 bits per heavy atom. The minimum Gasteiger partial charge on any atom is -0.314 e. The third kappa shape index (κ3) is 7.31. The van der Waals surface area contributed by atoms with Crippen LogP contribution in [0, 0.1) is 5.92 Å². The lowest BCUT2D eigenvalue weighted by Gasteiger charge is -2.21. The highest BCUT2D eigenvalue weighted by atomic mass is 32.2. The van der Waals surface area contributed by atoms with Gasteiger partial charge in [0.2, 0.25) is 0 Å². The molecule has 0 aromatic carbocycles. The Kier molecular flexibility index (Phi) is 8.00. The molecule has 0 spiro atoms. The fourth-order valence-electron chi connectivity index (χ4n) is 2.99. The van der Waals surface area contributed by atoms with E-state index in [0.717, 1.165) is 25.3 Å². The molecule has 114 valence electrons. The van der Waals surface area contributed by atoms with Gasteiger partial charge in [0.25, 0.3) is 0 Å². The maximum absolute atomic E-state index is 11.5. The van der Waals surface area contributed by atoms with Gasteiger partial charge in [-0.2, -0.15) is 0 Å². The van der Waals surface area contributed by atoms with Gasteiger partial charge in [0, 0.05) is 11.8 Å². The van der Waals surface area contributed by atoms with Crippen LogP contribution in [0.15, 0.2) is 0 Å². The quantitative estimate of drug-likeness (QED) is 0.698. The highest BCUT2D eigenvalue weighted by Gasteiger charge is 2.20. The molecular formula is C15H31NO2S. The molecule has 2 unspecified atom stereocenters. The van der Waals surface area contributed by atoms with E-state index in [1.165, 1.54) is 38.5 Å². The lowest BCUT2D eigenvalue weighted by Crippen LogP contribution is -2.30. The molecule has 0 heterocycles. The van der Waals surface area contributed by atoms with Crippen molar-refractivity contribution in [3.63, 3.8) is 0 Å². The normalized spacial score (nSPS) is 25.2. The van der Waals surface area contributed by atoms with Gasteiger partial charge in [0.15, 0.2) is 0 Å². The second kappa shape index (κ2) is 8.96. The van der Waals surface area contributed by atoms with Gasteiger partial charge in [-0.25, -0.2) is 8.42 Å². The third-order valence-corrected chi connectivity index (χ3v) is 6.01. The first kappa shape index (κ1) is 17.0. The lowest BCUT2D eigenvalue weighted by atomic mass is 9.93. The van der Waals surface area contributed by atoms with Crippen molar-refractivity contribution >= 4 is 9.84 Å². The van der Waals surface area contributed by atoms with E-state index in [1.54, 1.807) is 6.92 Å². The van der Waals surface area contributed by atoms with Crippen LogP contribution in [0.1, 0.15) is 65.2 Å². The maximum Gasteiger partial charge on any atom is 0.150 e. The van der Waals surface area contributed by atoms with Crippen molar-refractivity contribution in [1.82, 2.24) is 5.32 Å². The Hall–Kier alpha value is -0.0900. The van der Waals surface area contributed by atoms with Crippen LogP contribution in [0.2, 0.25) is 0 Å². The summed E-state index contributed by atoms with van der Waals surface area (Å²) < 4.78 is 23.0. The Bertz CT molecular complexity index is 327. The summed E-state index contributed by atoms with van der Waals surface area (Å²) >= 11 is 0. The minimum absolute atomic E-state index is 0.290. The van der Waals surface area contributed by atoms with Crippen molar-refractivity contribution in [1.29, 1.82) is 0 Å². The Morgan fingerprint density at radius 2 is 1.89 bits per heavy atom. The Labute approximate surface area is 119 Å². The lowest BCUT2D eigenvalue weighted by molar-refractivity contribution is 0.366. The molecule has 2 atom stereocenters. The van der Waals surface area contributed by atoms with Gasteiger partial charge in [-0.05, 0) is 44.6 Å². The van der Waals surface area contributed by atoms with Gasteiger partial charge in [-0.1, -0.05) is 33.1 Å². The zero-order valence-corrected chi connectivity index (χ0v) is 13.5. The molecule has 0 aliphatic heterocycles. The van der Waals surface area contributed by atoms with E-state index in [1.807, 2.05) is 0 Å². The predicted molar refractivity (Wildman–Crippen MR) is 82.2 cm³/mol. The van der Waals surface area contributed by atoms with Crippen LogP contribution >= 0.6 is 0 Å². The molecule has 1 saturated carbocycles. The molecule has 1 fully saturated rings. The van der Waals surface area contributed by atoms with Crippen molar-refractivity contribution in [2.45, 2.75) is 71.3 Å². The monoisotopic (exact) mass is 289 g/mol. The van der Waals surface area contributed by atoms with E-state index >= 15 is 0 Å². The average Bonchev–Trinajstić information content (AvgIpc) is 2.61. The second-order valence-corrected chi connectivity index (χ2v) is 8.39. The van der Waals surface area contributed by atoms with E-state index in [-0.39, 0.29) is 0 Å². The van der Waals surface area contributed by atoms with Crippen molar-refractivity contribution < 1.29 is 8.42 Å². The summed E-state index contributed by atoms with van der Waals surface area (Å²) in [5.74, 6) is 1.40. The fraction of sp³-hybridized carbons (Fsp3) is 1.00. The maximum atomic E-state index is 11.5. The van der Waals surface area contributed by atoms with Crippen molar-refractivity contribution in [3.8, 4) is 0 Å². The third-order valence-electron chi connectivity index (χ3n) is 4.22. The number of hydrogen-bond donors (Lipinski definition) is 1. The summed E-state index contributed by atoms with van der Waals surface area (Å²) in [6.07, 6.45) is 9.59. The SMILES string of the molecule is CCCNC1CCCCC(CCCS(=O)(=O)CC)C1. The molecule has 0 saturated heterocycles. The Morgan fingerprint density at radius 3 is 2.58 bits per heavy atom. The van der Waals surface area contributed by atoms with Crippen molar-refractivity contribution in [2.24, 2.45) is 5.92 Å². The number of nitrogens with one attached hydrogen (secondary N) is 1. The number of rotatable bonds is 8. The zero-order chi connectivity index (χ0) is 14.1. The van der Waals surface area contributed by atoms with Gasteiger partial charge in [-0.15, -0.1) is 0 Å². The first-order valence-corrected chi connectivity index (χ1v) is 9.83. The van der Waals surface area contributed by atoms with E-state index in [9.17, 15) is 8.42 Å². The first-order chi connectivity index (χ1) is 9.07. The van der Waals surface area contributed by atoms with Gasteiger partial charge >= 0.3 is 0 Å². The molecule has 1 aliphatic carbocycles. The van der Waals surface area contributed by atoms with Gasteiger partial charge in [0.05, 0.1) is 5.75 Å². The molecule has 3 nitrogen and oxygen atoms in total. The van der Waals surface area contributed by atoms with Crippen LogP contribution in [0.3, 0.4) is 0 Å². The van der Waals surface area contributed by atoms with Crippen molar-refractivity contribution in [2.75, 3.05) is 18.1 Å². The first-order valence-electron chi connectivity index (χ1n) is 8.01.